The Morgan fingerprint density at radius 3 is 2.58 bits per heavy atom. The number of hydrogen-bond acceptors (Lipinski definition) is 2. The van der Waals surface area contributed by atoms with Crippen LogP contribution in [0.1, 0.15) is 15.9 Å². The Balaban J connectivity index is 1.76. The minimum absolute atomic E-state index is 0.121. The molecule has 0 aliphatic rings. The van der Waals surface area contributed by atoms with E-state index >= 15 is 0 Å². The Labute approximate surface area is 144 Å². The molecule has 0 heterocycles. The van der Waals surface area contributed by atoms with Crippen molar-refractivity contribution in [3.05, 3.63) is 77.6 Å². The summed E-state index contributed by atoms with van der Waals surface area (Å²) in [4.78, 5) is 12.5. The van der Waals surface area contributed by atoms with Crippen molar-refractivity contribution in [3.8, 4) is 0 Å². The van der Waals surface area contributed by atoms with Crippen LogP contribution in [-0.2, 0) is 0 Å². The topological polar surface area (TPSA) is 41.1 Å². The molecule has 3 aromatic carbocycles. The number of hydrogen-bond donors (Lipinski definition) is 2. The van der Waals surface area contributed by atoms with Gasteiger partial charge in [-0.1, -0.05) is 42.5 Å². The molecular weight excluding hydrogens is 323 g/mol. The quantitative estimate of drug-likeness (QED) is 0.680. The van der Waals surface area contributed by atoms with Crippen LogP contribution in [0.2, 0.25) is 0 Å². The Bertz CT molecular complexity index is 934. The first-order valence-corrected chi connectivity index (χ1v) is 7.81. The smallest absolute Gasteiger partial charge is 0.258 e. The molecule has 0 radical (unpaired) electrons. The molecule has 0 atom stereocenters. The van der Waals surface area contributed by atoms with Crippen molar-refractivity contribution in [1.29, 1.82) is 0 Å². The maximum absolute atomic E-state index is 13.6. The highest BCUT2D eigenvalue weighted by Gasteiger charge is 2.11. The van der Waals surface area contributed by atoms with E-state index in [0.29, 0.717) is 16.8 Å². The van der Waals surface area contributed by atoms with E-state index < -0.39 is 0 Å². The molecule has 24 heavy (non-hydrogen) atoms. The SMILES string of the molecule is Cc1ccc(NC(=S)NC(=O)c2cccc3ccccc23)cc1F. The lowest BCUT2D eigenvalue weighted by molar-refractivity contribution is 0.0979. The molecule has 3 rings (SSSR count). The Morgan fingerprint density at radius 2 is 1.79 bits per heavy atom. The summed E-state index contributed by atoms with van der Waals surface area (Å²) >= 11 is 5.15. The third-order valence-corrected chi connectivity index (χ3v) is 3.90. The Morgan fingerprint density at radius 1 is 1.04 bits per heavy atom. The third kappa shape index (κ3) is 3.41. The molecule has 0 unspecified atom stereocenters. The third-order valence-electron chi connectivity index (χ3n) is 3.69. The predicted octanol–water partition coefficient (Wildman–Crippen LogP) is 4.41. The van der Waals surface area contributed by atoms with Gasteiger partial charge in [0.1, 0.15) is 5.82 Å². The number of aryl methyl sites for hydroxylation is 1. The van der Waals surface area contributed by atoms with Crippen molar-refractivity contribution in [2.24, 2.45) is 0 Å². The largest absolute Gasteiger partial charge is 0.332 e. The molecule has 120 valence electrons. The fourth-order valence-electron chi connectivity index (χ4n) is 2.43. The molecule has 3 nitrogen and oxygen atoms in total. The number of carbonyl (C=O) groups is 1. The first kappa shape index (κ1) is 16.1. The normalized spacial score (nSPS) is 10.4. The van der Waals surface area contributed by atoms with Crippen molar-refractivity contribution < 1.29 is 9.18 Å². The molecule has 2 N–H and O–H groups in total. The summed E-state index contributed by atoms with van der Waals surface area (Å²) in [5.41, 5.74) is 1.57. The molecule has 0 saturated heterocycles. The van der Waals surface area contributed by atoms with Gasteiger partial charge in [-0.05, 0) is 53.7 Å². The summed E-state index contributed by atoms with van der Waals surface area (Å²) in [5.74, 6) is -0.639. The van der Waals surface area contributed by atoms with Gasteiger partial charge in [0.25, 0.3) is 5.91 Å². The first-order chi connectivity index (χ1) is 11.5. The Hall–Kier alpha value is -2.79. The van der Waals surface area contributed by atoms with Crippen molar-refractivity contribution >= 4 is 39.7 Å². The minimum atomic E-state index is -0.330. The number of amides is 1. The van der Waals surface area contributed by atoms with Crippen LogP contribution < -0.4 is 10.6 Å². The average molecular weight is 338 g/mol. The summed E-state index contributed by atoms with van der Waals surface area (Å²) < 4.78 is 13.6. The highest BCUT2D eigenvalue weighted by atomic mass is 32.1. The van der Waals surface area contributed by atoms with E-state index in [9.17, 15) is 9.18 Å². The van der Waals surface area contributed by atoms with E-state index in [1.807, 2.05) is 36.4 Å². The lowest BCUT2D eigenvalue weighted by Crippen LogP contribution is -2.34. The van der Waals surface area contributed by atoms with Crippen LogP contribution in [0.25, 0.3) is 10.8 Å². The lowest BCUT2D eigenvalue weighted by atomic mass is 10.0. The number of rotatable bonds is 2. The summed E-state index contributed by atoms with van der Waals surface area (Å²) in [6, 6.07) is 17.8. The first-order valence-electron chi connectivity index (χ1n) is 7.41. The van der Waals surface area contributed by atoms with Gasteiger partial charge in [-0.15, -0.1) is 0 Å². The standard InChI is InChI=1S/C19H15FN2OS/c1-12-9-10-14(11-17(12)20)21-19(24)22-18(23)16-8-4-6-13-5-2-3-7-15(13)16/h2-11H,1H3,(H2,21,22,23,24). The van der Waals surface area contributed by atoms with E-state index in [1.54, 1.807) is 25.1 Å². The molecule has 5 heteroatoms. The monoisotopic (exact) mass is 338 g/mol. The van der Waals surface area contributed by atoms with Gasteiger partial charge >= 0.3 is 0 Å². The highest BCUT2D eigenvalue weighted by Crippen LogP contribution is 2.18. The van der Waals surface area contributed by atoms with Gasteiger partial charge in [0.15, 0.2) is 5.11 Å². The molecule has 0 fully saturated rings. The maximum Gasteiger partial charge on any atom is 0.258 e. The van der Waals surface area contributed by atoms with E-state index in [4.69, 9.17) is 12.2 Å². The molecule has 3 aromatic rings. The molecular formula is C19H15FN2OS. The van der Waals surface area contributed by atoms with Gasteiger partial charge < -0.3 is 5.32 Å². The maximum atomic E-state index is 13.6. The van der Waals surface area contributed by atoms with E-state index in [2.05, 4.69) is 10.6 Å². The number of nitrogens with one attached hydrogen (secondary N) is 2. The van der Waals surface area contributed by atoms with E-state index in [0.717, 1.165) is 10.8 Å². The van der Waals surface area contributed by atoms with Gasteiger partial charge in [-0.3, -0.25) is 10.1 Å². The zero-order valence-electron chi connectivity index (χ0n) is 13.0. The van der Waals surface area contributed by atoms with Gasteiger partial charge in [0.05, 0.1) is 0 Å². The van der Waals surface area contributed by atoms with Crippen LogP contribution in [0.4, 0.5) is 10.1 Å². The van der Waals surface area contributed by atoms with Crippen LogP contribution in [0.15, 0.2) is 60.7 Å². The van der Waals surface area contributed by atoms with Gasteiger partial charge in [0, 0.05) is 11.3 Å². The lowest BCUT2D eigenvalue weighted by Gasteiger charge is -2.11. The zero-order valence-corrected chi connectivity index (χ0v) is 13.8. The number of carbonyl (C=O) groups excluding carboxylic acids is 1. The molecule has 0 saturated carbocycles. The molecule has 0 aliphatic heterocycles. The molecule has 1 amide bonds. The Kier molecular flexibility index (Phi) is 4.53. The molecule has 0 aliphatic carbocycles. The van der Waals surface area contributed by atoms with Crippen molar-refractivity contribution in [2.45, 2.75) is 6.92 Å². The van der Waals surface area contributed by atoms with Gasteiger partial charge in [0.2, 0.25) is 0 Å². The second-order valence-electron chi connectivity index (χ2n) is 5.40. The van der Waals surface area contributed by atoms with Crippen LogP contribution in [0.3, 0.4) is 0 Å². The van der Waals surface area contributed by atoms with Crippen molar-refractivity contribution in [2.75, 3.05) is 5.32 Å². The minimum Gasteiger partial charge on any atom is -0.332 e. The molecule has 0 bridgehead atoms. The zero-order chi connectivity index (χ0) is 17.1. The number of halogens is 1. The fraction of sp³-hybridized carbons (Fsp3) is 0.0526. The number of fused-ring (bicyclic) bond motifs is 1. The van der Waals surface area contributed by atoms with Gasteiger partial charge in [-0.2, -0.15) is 0 Å². The number of anilines is 1. The van der Waals surface area contributed by atoms with E-state index in [-0.39, 0.29) is 16.8 Å². The molecule has 0 spiro atoms. The van der Waals surface area contributed by atoms with Crippen LogP contribution in [0, 0.1) is 12.7 Å². The van der Waals surface area contributed by atoms with Crippen molar-refractivity contribution in [1.82, 2.24) is 5.32 Å². The van der Waals surface area contributed by atoms with Crippen LogP contribution >= 0.6 is 12.2 Å². The second kappa shape index (κ2) is 6.76. The second-order valence-corrected chi connectivity index (χ2v) is 5.81. The predicted molar refractivity (Wildman–Crippen MR) is 98.8 cm³/mol. The highest BCUT2D eigenvalue weighted by molar-refractivity contribution is 7.80. The summed E-state index contributed by atoms with van der Waals surface area (Å²) in [7, 11) is 0. The summed E-state index contributed by atoms with van der Waals surface area (Å²) in [6.45, 7) is 1.68. The van der Waals surface area contributed by atoms with Crippen LogP contribution in [0.5, 0.6) is 0 Å². The van der Waals surface area contributed by atoms with Crippen molar-refractivity contribution in [3.63, 3.8) is 0 Å². The van der Waals surface area contributed by atoms with E-state index in [1.165, 1.54) is 6.07 Å². The van der Waals surface area contributed by atoms with Crippen LogP contribution in [-0.4, -0.2) is 11.0 Å². The molecule has 0 aromatic heterocycles. The number of benzene rings is 3. The summed E-state index contributed by atoms with van der Waals surface area (Å²) in [6.07, 6.45) is 0. The summed E-state index contributed by atoms with van der Waals surface area (Å²) in [5, 5.41) is 7.39. The number of thiocarbonyl (C=S) groups is 1. The fourth-order valence-corrected chi connectivity index (χ4v) is 2.64. The van der Waals surface area contributed by atoms with Gasteiger partial charge in [-0.25, -0.2) is 4.39 Å². The average Bonchev–Trinajstić information content (AvgIpc) is 2.57.